The Morgan fingerprint density at radius 1 is 1.08 bits per heavy atom. The van der Waals surface area contributed by atoms with Crippen LogP contribution in [0.15, 0.2) is 42.5 Å². The second kappa shape index (κ2) is 9.66. The van der Waals surface area contributed by atoms with Gasteiger partial charge in [0.1, 0.15) is 12.2 Å². The number of halogens is 2. The van der Waals surface area contributed by atoms with Gasteiger partial charge in [-0.1, -0.05) is 35.3 Å². The Hall–Kier alpha value is -2.75. The van der Waals surface area contributed by atoms with Crippen LogP contribution < -0.4 is 15.4 Å². The van der Waals surface area contributed by atoms with E-state index in [1.165, 1.54) is 6.07 Å². The van der Waals surface area contributed by atoms with Crippen LogP contribution in [0.2, 0.25) is 10.0 Å². The number of anilines is 1. The minimum Gasteiger partial charge on any atom is -0.482 e. The summed E-state index contributed by atoms with van der Waals surface area (Å²) in [5.74, 6) is -0.302. The number of benzene rings is 2. The van der Waals surface area contributed by atoms with Gasteiger partial charge in [0.2, 0.25) is 5.91 Å². The molecule has 0 aliphatic carbocycles. The van der Waals surface area contributed by atoms with E-state index in [0.717, 1.165) is 5.56 Å². The Morgan fingerprint density at radius 3 is 2.46 bits per heavy atom. The minimum absolute atomic E-state index is 0.175. The van der Waals surface area contributed by atoms with E-state index in [4.69, 9.17) is 33.2 Å². The summed E-state index contributed by atoms with van der Waals surface area (Å²) < 4.78 is 5.36. The van der Waals surface area contributed by atoms with Crippen LogP contribution in [-0.4, -0.2) is 18.4 Å². The normalized spacial score (nSPS) is 9.88. The van der Waals surface area contributed by atoms with Crippen LogP contribution in [0, 0.1) is 11.3 Å². The lowest BCUT2D eigenvalue weighted by atomic mass is 10.2. The van der Waals surface area contributed by atoms with Gasteiger partial charge < -0.3 is 15.4 Å². The molecular formula is C18H15Cl2N3O3. The molecule has 2 N–H and O–H groups in total. The highest BCUT2D eigenvalue weighted by molar-refractivity contribution is 6.35. The lowest BCUT2D eigenvalue weighted by Gasteiger charge is -2.10. The first kappa shape index (κ1) is 19.6. The fourth-order valence-corrected chi connectivity index (χ4v) is 2.44. The Bertz CT molecular complexity index is 833. The topological polar surface area (TPSA) is 91.2 Å². The van der Waals surface area contributed by atoms with Crippen molar-refractivity contribution >= 4 is 40.7 Å². The lowest BCUT2D eigenvalue weighted by Crippen LogP contribution is -2.22. The zero-order valence-electron chi connectivity index (χ0n) is 13.6. The molecule has 0 atom stereocenters. The molecule has 0 radical (unpaired) electrons. The predicted octanol–water partition coefficient (Wildman–Crippen LogP) is 3.54. The molecule has 0 unspecified atom stereocenters. The van der Waals surface area contributed by atoms with Gasteiger partial charge in [0.15, 0.2) is 6.61 Å². The summed E-state index contributed by atoms with van der Waals surface area (Å²) in [6, 6.07) is 13.5. The lowest BCUT2D eigenvalue weighted by molar-refractivity contribution is -0.120. The number of hydrogen-bond acceptors (Lipinski definition) is 4. The van der Waals surface area contributed by atoms with Gasteiger partial charge in [-0.15, -0.1) is 0 Å². The van der Waals surface area contributed by atoms with Crippen molar-refractivity contribution in [1.29, 1.82) is 5.26 Å². The van der Waals surface area contributed by atoms with Crippen molar-refractivity contribution in [3.8, 4) is 11.8 Å². The number of nitrogens with one attached hydrogen (secondary N) is 2. The van der Waals surface area contributed by atoms with Gasteiger partial charge in [-0.05, 0) is 35.9 Å². The second-order valence-electron chi connectivity index (χ2n) is 5.22. The Labute approximate surface area is 160 Å². The summed E-state index contributed by atoms with van der Waals surface area (Å²) in [6.45, 7) is 0.111. The van der Waals surface area contributed by atoms with E-state index in [9.17, 15) is 9.59 Å². The maximum absolute atomic E-state index is 11.9. The molecule has 2 aromatic rings. The van der Waals surface area contributed by atoms with Crippen LogP contribution in [0.5, 0.6) is 5.75 Å². The van der Waals surface area contributed by atoms with Gasteiger partial charge in [-0.2, -0.15) is 5.26 Å². The monoisotopic (exact) mass is 391 g/mol. The summed E-state index contributed by atoms with van der Waals surface area (Å²) in [5, 5.41) is 14.5. The Morgan fingerprint density at radius 2 is 1.81 bits per heavy atom. The highest BCUT2D eigenvalue weighted by Crippen LogP contribution is 2.27. The van der Waals surface area contributed by atoms with Gasteiger partial charge in [-0.3, -0.25) is 9.59 Å². The molecule has 0 saturated heterocycles. The number of rotatable bonds is 7. The first-order chi connectivity index (χ1) is 12.5. The number of hydrogen-bond donors (Lipinski definition) is 2. The molecule has 0 aromatic heterocycles. The molecule has 2 aromatic carbocycles. The van der Waals surface area contributed by atoms with Gasteiger partial charge in [0.25, 0.3) is 5.91 Å². The van der Waals surface area contributed by atoms with Gasteiger partial charge in [0.05, 0.1) is 11.1 Å². The molecule has 0 aliphatic heterocycles. The number of nitrogens with zero attached hydrogens (tertiary/aromatic N) is 1. The highest BCUT2D eigenvalue weighted by Gasteiger charge is 2.07. The first-order valence-electron chi connectivity index (χ1n) is 7.58. The third kappa shape index (κ3) is 6.28. The average Bonchev–Trinajstić information content (AvgIpc) is 2.61. The van der Waals surface area contributed by atoms with Crippen molar-refractivity contribution in [3.05, 3.63) is 58.1 Å². The summed E-state index contributed by atoms with van der Waals surface area (Å²) in [4.78, 5) is 23.2. The SMILES string of the molecule is N#CCC(=O)NCc1ccc(NC(=O)COc2ccc(Cl)cc2Cl)cc1. The van der Waals surface area contributed by atoms with E-state index in [1.807, 2.05) is 0 Å². The molecule has 0 heterocycles. The minimum atomic E-state index is -0.342. The summed E-state index contributed by atoms with van der Waals surface area (Å²) in [5.41, 5.74) is 1.44. The molecule has 6 nitrogen and oxygen atoms in total. The smallest absolute Gasteiger partial charge is 0.262 e. The number of amides is 2. The van der Waals surface area contributed by atoms with Gasteiger partial charge in [0, 0.05) is 17.3 Å². The van der Waals surface area contributed by atoms with E-state index in [0.29, 0.717) is 28.0 Å². The number of ether oxygens (including phenoxy) is 1. The van der Waals surface area contributed by atoms with E-state index >= 15 is 0 Å². The third-order valence-corrected chi connectivity index (χ3v) is 3.75. The first-order valence-corrected chi connectivity index (χ1v) is 8.34. The molecule has 0 aliphatic rings. The number of nitriles is 1. The number of carbonyl (C=O) groups is 2. The van der Waals surface area contributed by atoms with Crippen molar-refractivity contribution in [2.24, 2.45) is 0 Å². The maximum atomic E-state index is 11.9. The van der Waals surface area contributed by atoms with Crippen LogP contribution >= 0.6 is 23.2 Å². The molecule has 8 heteroatoms. The molecule has 2 amide bonds. The predicted molar refractivity (Wildman–Crippen MR) is 99.1 cm³/mol. The van der Waals surface area contributed by atoms with E-state index in [2.05, 4.69) is 10.6 Å². The summed E-state index contributed by atoms with van der Waals surface area (Å²) >= 11 is 11.8. The van der Waals surface area contributed by atoms with Crippen LogP contribution in [0.25, 0.3) is 0 Å². The van der Waals surface area contributed by atoms with Crippen LogP contribution in [0.3, 0.4) is 0 Å². The van der Waals surface area contributed by atoms with E-state index < -0.39 is 0 Å². The molecular weight excluding hydrogens is 377 g/mol. The zero-order chi connectivity index (χ0) is 18.9. The number of carbonyl (C=O) groups excluding carboxylic acids is 2. The van der Waals surface area contributed by atoms with Crippen molar-refractivity contribution in [2.75, 3.05) is 11.9 Å². The van der Waals surface area contributed by atoms with Crippen LogP contribution in [-0.2, 0) is 16.1 Å². The molecule has 134 valence electrons. The molecule has 0 fully saturated rings. The average molecular weight is 392 g/mol. The maximum Gasteiger partial charge on any atom is 0.262 e. The Kier molecular flexibility index (Phi) is 7.27. The van der Waals surface area contributed by atoms with Crippen molar-refractivity contribution in [3.63, 3.8) is 0 Å². The second-order valence-corrected chi connectivity index (χ2v) is 6.06. The van der Waals surface area contributed by atoms with Crippen molar-refractivity contribution in [1.82, 2.24) is 5.32 Å². The fourth-order valence-electron chi connectivity index (χ4n) is 1.97. The molecule has 26 heavy (non-hydrogen) atoms. The standard InChI is InChI=1S/C18H15Cl2N3O3/c19-13-3-6-16(15(20)9-13)26-11-18(25)23-14-4-1-12(2-5-14)10-22-17(24)7-8-21/h1-6,9H,7,10-11H2,(H,22,24)(H,23,25). The zero-order valence-corrected chi connectivity index (χ0v) is 15.1. The van der Waals surface area contributed by atoms with Crippen molar-refractivity contribution in [2.45, 2.75) is 13.0 Å². The molecule has 0 saturated carbocycles. The summed E-state index contributed by atoms with van der Waals surface area (Å²) in [6.07, 6.45) is -0.175. The van der Waals surface area contributed by atoms with E-state index in [-0.39, 0.29) is 24.8 Å². The third-order valence-electron chi connectivity index (χ3n) is 3.22. The quantitative estimate of drug-likeness (QED) is 0.754. The summed E-state index contributed by atoms with van der Waals surface area (Å²) in [7, 11) is 0. The van der Waals surface area contributed by atoms with Crippen LogP contribution in [0.4, 0.5) is 5.69 Å². The highest BCUT2D eigenvalue weighted by atomic mass is 35.5. The molecule has 2 rings (SSSR count). The molecule has 0 bridgehead atoms. The molecule has 0 spiro atoms. The van der Waals surface area contributed by atoms with Gasteiger partial charge in [-0.25, -0.2) is 0 Å². The van der Waals surface area contributed by atoms with Crippen LogP contribution in [0.1, 0.15) is 12.0 Å². The van der Waals surface area contributed by atoms with Gasteiger partial charge >= 0.3 is 0 Å². The fraction of sp³-hybridized carbons (Fsp3) is 0.167. The Balaban J connectivity index is 1.81. The largest absolute Gasteiger partial charge is 0.482 e. The van der Waals surface area contributed by atoms with E-state index in [1.54, 1.807) is 42.5 Å². The van der Waals surface area contributed by atoms with Crippen molar-refractivity contribution < 1.29 is 14.3 Å².